The molecule has 1 aromatic heterocycles. The zero-order chi connectivity index (χ0) is 17.9. The maximum atomic E-state index is 14.2. The SMILES string of the molecule is COc1ccc(C(S)c2nc(NC(=O)OC(C)(C)C)sc2F)cc1. The normalized spacial score (nSPS) is 12.6. The Morgan fingerprint density at radius 1 is 1.33 bits per heavy atom. The molecule has 0 bridgehead atoms. The molecule has 1 heterocycles. The van der Waals surface area contributed by atoms with Gasteiger partial charge in [0, 0.05) is 0 Å². The first-order chi connectivity index (χ1) is 11.2. The average molecular weight is 370 g/mol. The van der Waals surface area contributed by atoms with Crippen molar-refractivity contribution in [3.05, 3.63) is 40.7 Å². The number of hydrogen-bond acceptors (Lipinski definition) is 6. The topological polar surface area (TPSA) is 60.5 Å². The molecule has 0 spiro atoms. The number of nitrogens with zero attached hydrogens (tertiary/aromatic N) is 1. The van der Waals surface area contributed by atoms with Crippen molar-refractivity contribution in [2.45, 2.75) is 31.6 Å². The fourth-order valence-electron chi connectivity index (χ4n) is 1.87. The number of anilines is 1. The molecule has 0 radical (unpaired) electrons. The lowest BCUT2D eigenvalue weighted by Crippen LogP contribution is -2.27. The minimum atomic E-state index is -0.678. The molecule has 1 atom stereocenters. The molecular formula is C16H19FN2O3S2. The Labute approximate surface area is 149 Å². The molecule has 1 amide bonds. The molecule has 2 rings (SSSR count). The van der Waals surface area contributed by atoms with Crippen molar-refractivity contribution < 1.29 is 18.7 Å². The minimum absolute atomic E-state index is 0.129. The molecule has 24 heavy (non-hydrogen) atoms. The highest BCUT2D eigenvalue weighted by Crippen LogP contribution is 2.34. The largest absolute Gasteiger partial charge is 0.497 e. The molecule has 0 saturated carbocycles. The van der Waals surface area contributed by atoms with Crippen molar-refractivity contribution in [3.63, 3.8) is 0 Å². The van der Waals surface area contributed by atoms with Gasteiger partial charge in [-0.25, -0.2) is 9.78 Å². The fraction of sp³-hybridized carbons (Fsp3) is 0.375. The summed E-state index contributed by atoms with van der Waals surface area (Å²) < 4.78 is 24.4. The summed E-state index contributed by atoms with van der Waals surface area (Å²) in [4.78, 5) is 15.9. The third-order valence-electron chi connectivity index (χ3n) is 2.91. The number of carbonyl (C=O) groups excluding carboxylic acids is 1. The quantitative estimate of drug-likeness (QED) is 0.769. The van der Waals surface area contributed by atoms with Crippen LogP contribution in [-0.4, -0.2) is 23.8 Å². The highest BCUT2D eigenvalue weighted by molar-refractivity contribution is 7.80. The van der Waals surface area contributed by atoms with E-state index in [2.05, 4.69) is 22.9 Å². The molecule has 5 nitrogen and oxygen atoms in total. The van der Waals surface area contributed by atoms with E-state index in [1.54, 1.807) is 52.1 Å². The Balaban J connectivity index is 2.13. The van der Waals surface area contributed by atoms with Crippen molar-refractivity contribution in [2.24, 2.45) is 0 Å². The van der Waals surface area contributed by atoms with Crippen LogP contribution in [0.1, 0.15) is 37.3 Å². The number of ether oxygens (including phenoxy) is 2. The van der Waals surface area contributed by atoms with Gasteiger partial charge in [-0.2, -0.15) is 17.0 Å². The van der Waals surface area contributed by atoms with Crippen LogP contribution in [-0.2, 0) is 4.74 Å². The lowest BCUT2D eigenvalue weighted by molar-refractivity contribution is 0.0636. The van der Waals surface area contributed by atoms with E-state index >= 15 is 0 Å². The van der Waals surface area contributed by atoms with Crippen LogP contribution in [0.3, 0.4) is 0 Å². The summed E-state index contributed by atoms with van der Waals surface area (Å²) in [6.45, 7) is 5.23. The maximum Gasteiger partial charge on any atom is 0.413 e. The second-order valence-electron chi connectivity index (χ2n) is 5.98. The lowest BCUT2D eigenvalue weighted by Gasteiger charge is -2.18. The number of hydrogen-bond donors (Lipinski definition) is 2. The van der Waals surface area contributed by atoms with Gasteiger partial charge in [-0.1, -0.05) is 23.5 Å². The van der Waals surface area contributed by atoms with Crippen LogP contribution in [0.2, 0.25) is 0 Å². The van der Waals surface area contributed by atoms with Crippen molar-refractivity contribution in [2.75, 3.05) is 12.4 Å². The van der Waals surface area contributed by atoms with E-state index in [0.717, 1.165) is 16.9 Å². The molecule has 1 aromatic carbocycles. The first-order valence-electron chi connectivity index (χ1n) is 7.18. The lowest BCUT2D eigenvalue weighted by atomic mass is 10.1. The maximum absolute atomic E-state index is 14.2. The Kier molecular flexibility index (Phi) is 5.71. The van der Waals surface area contributed by atoms with Crippen LogP contribution in [0.5, 0.6) is 5.75 Å². The first kappa shape index (κ1) is 18.5. The van der Waals surface area contributed by atoms with Gasteiger partial charge < -0.3 is 9.47 Å². The average Bonchev–Trinajstić information content (AvgIpc) is 2.85. The molecule has 2 aromatic rings. The zero-order valence-electron chi connectivity index (χ0n) is 13.8. The van der Waals surface area contributed by atoms with Crippen LogP contribution in [0.15, 0.2) is 24.3 Å². The number of aromatic nitrogens is 1. The summed E-state index contributed by atoms with van der Waals surface area (Å²) in [7, 11) is 1.57. The fourth-order valence-corrected chi connectivity index (χ4v) is 3.02. The summed E-state index contributed by atoms with van der Waals surface area (Å²) in [5, 5.41) is 1.51. The number of carbonyl (C=O) groups is 1. The Morgan fingerprint density at radius 2 is 1.96 bits per heavy atom. The second-order valence-corrected chi connectivity index (χ2v) is 7.45. The number of thiazole rings is 1. The number of nitrogens with one attached hydrogen (secondary N) is 1. The Hall–Kier alpha value is -1.80. The van der Waals surface area contributed by atoms with Gasteiger partial charge >= 0.3 is 6.09 Å². The van der Waals surface area contributed by atoms with Crippen molar-refractivity contribution >= 4 is 35.2 Å². The van der Waals surface area contributed by atoms with E-state index in [9.17, 15) is 9.18 Å². The van der Waals surface area contributed by atoms with E-state index in [0.29, 0.717) is 5.75 Å². The van der Waals surface area contributed by atoms with Crippen LogP contribution in [0.25, 0.3) is 0 Å². The number of methoxy groups -OCH3 is 1. The summed E-state index contributed by atoms with van der Waals surface area (Å²) in [5.41, 5.74) is 0.282. The molecule has 8 heteroatoms. The van der Waals surface area contributed by atoms with Crippen LogP contribution < -0.4 is 10.1 Å². The molecule has 0 fully saturated rings. The van der Waals surface area contributed by atoms with Gasteiger partial charge in [-0.3, -0.25) is 5.32 Å². The van der Waals surface area contributed by atoms with E-state index < -0.39 is 22.1 Å². The third kappa shape index (κ3) is 4.85. The summed E-state index contributed by atoms with van der Waals surface area (Å²) >= 11 is 5.17. The number of thiol groups is 1. The molecule has 1 unspecified atom stereocenters. The third-order valence-corrected chi connectivity index (χ3v) is 4.23. The molecule has 0 saturated heterocycles. The van der Waals surface area contributed by atoms with Crippen molar-refractivity contribution in [3.8, 4) is 5.75 Å². The second kappa shape index (κ2) is 7.40. The number of rotatable bonds is 4. The summed E-state index contributed by atoms with van der Waals surface area (Å²) in [6.07, 6.45) is -0.678. The minimum Gasteiger partial charge on any atom is -0.497 e. The van der Waals surface area contributed by atoms with E-state index in [4.69, 9.17) is 9.47 Å². The molecular weight excluding hydrogens is 351 g/mol. The van der Waals surface area contributed by atoms with Crippen LogP contribution >= 0.6 is 24.0 Å². The van der Waals surface area contributed by atoms with Gasteiger partial charge in [0.1, 0.15) is 17.0 Å². The van der Waals surface area contributed by atoms with E-state index in [1.165, 1.54) is 0 Å². The van der Waals surface area contributed by atoms with Crippen molar-refractivity contribution in [1.29, 1.82) is 0 Å². The molecule has 0 aliphatic heterocycles. The predicted molar refractivity (Wildman–Crippen MR) is 95.8 cm³/mol. The summed E-state index contributed by atoms with van der Waals surface area (Å²) in [5.74, 6) is 0.699. The van der Waals surface area contributed by atoms with Gasteiger partial charge in [-0.15, -0.1) is 0 Å². The highest BCUT2D eigenvalue weighted by atomic mass is 32.1. The molecule has 0 aliphatic carbocycles. The van der Waals surface area contributed by atoms with Gasteiger partial charge in [0.15, 0.2) is 5.13 Å². The summed E-state index contributed by atoms with van der Waals surface area (Å²) in [6, 6.07) is 7.11. The molecule has 130 valence electrons. The number of amides is 1. The predicted octanol–water partition coefficient (Wildman–Crippen LogP) is 4.66. The molecule has 1 N–H and O–H groups in total. The number of benzene rings is 1. The van der Waals surface area contributed by atoms with E-state index in [-0.39, 0.29) is 10.8 Å². The standard InChI is InChI=1S/C16H19FN2O3S2/c1-16(2,3)22-15(20)19-14-18-11(13(17)24-14)12(23)9-5-7-10(21-4)8-6-9/h5-8,12,23H,1-4H3,(H,18,19,20). The number of halogens is 1. The van der Waals surface area contributed by atoms with Gasteiger partial charge in [0.25, 0.3) is 0 Å². The first-order valence-corrected chi connectivity index (χ1v) is 8.51. The molecule has 0 aliphatic rings. The van der Waals surface area contributed by atoms with Gasteiger partial charge in [-0.05, 0) is 38.5 Å². The van der Waals surface area contributed by atoms with Crippen LogP contribution in [0.4, 0.5) is 14.3 Å². The van der Waals surface area contributed by atoms with Crippen LogP contribution in [0, 0.1) is 5.13 Å². The van der Waals surface area contributed by atoms with Gasteiger partial charge in [0.05, 0.1) is 12.4 Å². The van der Waals surface area contributed by atoms with Gasteiger partial charge in [0.2, 0.25) is 5.13 Å². The highest BCUT2D eigenvalue weighted by Gasteiger charge is 2.22. The Morgan fingerprint density at radius 3 is 2.50 bits per heavy atom. The van der Waals surface area contributed by atoms with Crippen molar-refractivity contribution in [1.82, 2.24) is 4.98 Å². The smallest absolute Gasteiger partial charge is 0.413 e. The Bertz CT molecular complexity index is 711. The zero-order valence-corrected chi connectivity index (χ0v) is 15.5. The monoisotopic (exact) mass is 370 g/mol. The van der Waals surface area contributed by atoms with E-state index in [1.807, 2.05) is 0 Å².